The zero-order valence-electron chi connectivity index (χ0n) is 29.7. The van der Waals surface area contributed by atoms with E-state index in [1.165, 1.54) is 6.20 Å². The molecular weight excluding hydrogens is 668 g/mol. The number of nitrogens with one attached hydrogen (secondary N) is 2. The van der Waals surface area contributed by atoms with Gasteiger partial charge in [-0.05, 0) is 53.8 Å². The Balaban J connectivity index is 0.957. The van der Waals surface area contributed by atoms with Crippen molar-refractivity contribution in [3.05, 3.63) is 137 Å². The minimum Gasteiger partial charge on any atom is -0.392 e. The summed E-state index contributed by atoms with van der Waals surface area (Å²) in [7, 11) is 0. The van der Waals surface area contributed by atoms with Gasteiger partial charge in [0.05, 0.1) is 42.7 Å². The highest BCUT2D eigenvalue weighted by Crippen LogP contribution is 2.43. The van der Waals surface area contributed by atoms with Crippen LogP contribution in [0.3, 0.4) is 0 Å². The van der Waals surface area contributed by atoms with Crippen LogP contribution in [0.15, 0.2) is 109 Å². The Morgan fingerprint density at radius 3 is 2.30 bits per heavy atom. The third kappa shape index (κ3) is 7.13. The number of hydrogen-bond donors (Lipinski definition) is 3. The molecule has 0 saturated carbocycles. The number of piperidine rings is 1. The number of rotatable bonds is 9. The molecule has 8 rings (SSSR count). The van der Waals surface area contributed by atoms with Crippen LogP contribution in [-0.2, 0) is 27.4 Å². The van der Waals surface area contributed by atoms with E-state index in [1.54, 1.807) is 0 Å². The van der Waals surface area contributed by atoms with Crippen molar-refractivity contribution < 1.29 is 24.2 Å². The molecule has 2 amide bonds. The maximum Gasteiger partial charge on any atom is 0.271 e. The summed E-state index contributed by atoms with van der Waals surface area (Å²) in [6.45, 7) is 5.25. The van der Waals surface area contributed by atoms with E-state index in [1.807, 2.05) is 91.0 Å². The standard InChI is InChI=1S/C42H44N6O5/c1-28-37(25-47-21-19-42(20-22-47)41(51)45-27-48(42)33-7-3-2-4-8-33)52-40(53-38(28)31-15-13-30(26-49)14-16-31)32-17-11-29(12-18-32)23-44-39(50)36-24-43-34-9-5-6-10-35(34)46-36/h2-18,24,28,37-38,40,49H,19-23,25-27H2,1H3,(H,44,50)(H,45,51)/t28-,37+,38+,40+/m1/s1. The maximum atomic E-state index is 13.3. The molecule has 5 aromatic rings. The van der Waals surface area contributed by atoms with Crippen molar-refractivity contribution in [1.82, 2.24) is 25.5 Å². The zero-order chi connectivity index (χ0) is 36.4. The number of aliphatic hydroxyl groups excluding tert-OH is 1. The van der Waals surface area contributed by atoms with Gasteiger partial charge in [-0.15, -0.1) is 0 Å². The van der Waals surface area contributed by atoms with E-state index in [4.69, 9.17) is 9.47 Å². The Labute approximate surface area is 309 Å². The number of para-hydroxylation sites is 3. The van der Waals surface area contributed by atoms with Crippen molar-refractivity contribution in [2.45, 2.75) is 57.0 Å². The summed E-state index contributed by atoms with van der Waals surface area (Å²) in [6.07, 6.45) is 1.96. The average Bonchev–Trinajstić information content (AvgIpc) is 3.53. The summed E-state index contributed by atoms with van der Waals surface area (Å²) in [6, 6.07) is 33.5. The Bertz CT molecular complexity index is 2050. The van der Waals surface area contributed by atoms with Crippen LogP contribution in [0.4, 0.5) is 5.69 Å². The van der Waals surface area contributed by atoms with Crippen molar-refractivity contribution in [3.63, 3.8) is 0 Å². The van der Waals surface area contributed by atoms with Gasteiger partial charge in [0.25, 0.3) is 5.91 Å². The number of anilines is 1. The first-order chi connectivity index (χ1) is 25.9. The third-order valence-electron chi connectivity index (χ3n) is 11.0. The second-order valence-electron chi connectivity index (χ2n) is 14.2. The fourth-order valence-electron chi connectivity index (χ4n) is 7.85. The molecule has 11 nitrogen and oxygen atoms in total. The summed E-state index contributed by atoms with van der Waals surface area (Å²) in [5.41, 5.74) is 5.88. The van der Waals surface area contributed by atoms with Gasteiger partial charge in [0.15, 0.2) is 6.29 Å². The van der Waals surface area contributed by atoms with Gasteiger partial charge in [0, 0.05) is 43.3 Å². The first kappa shape index (κ1) is 34.9. The van der Waals surface area contributed by atoms with Gasteiger partial charge in [-0.2, -0.15) is 0 Å². The van der Waals surface area contributed by atoms with Gasteiger partial charge in [-0.1, -0.05) is 85.8 Å². The number of nitrogens with zero attached hydrogens (tertiary/aromatic N) is 4. The van der Waals surface area contributed by atoms with Crippen LogP contribution in [-0.4, -0.2) is 69.7 Å². The summed E-state index contributed by atoms with van der Waals surface area (Å²) in [4.78, 5) is 39.6. The average molecular weight is 713 g/mol. The SMILES string of the molecule is C[C@@H]1[C@H](CN2CCC3(CC2)C(=O)NCN3c2ccccc2)O[C@H](c2ccc(CNC(=O)c3cnc4ccccc4n3)cc2)O[C@@H]1c1ccc(CO)cc1. The van der Waals surface area contributed by atoms with Crippen molar-refractivity contribution in [2.75, 3.05) is 31.2 Å². The topological polar surface area (TPSA) is 129 Å². The van der Waals surface area contributed by atoms with E-state index in [0.29, 0.717) is 25.3 Å². The van der Waals surface area contributed by atoms with E-state index in [-0.39, 0.29) is 42.2 Å². The normalized spacial score (nSPS) is 22.9. The van der Waals surface area contributed by atoms with Gasteiger partial charge in [0.1, 0.15) is 11.2 Å². The van der Waals surface area contributed by atoms with Crippen LogP contribution in [0.25, 0.3) is 11.0 Å². The van der Waals surface area contributed by atoms with Crippen molar-refractivity contribution >= 4 is 28.5 Å². The maximum absolute atomic E-state index is 13.3. The summed E-state index contributed by atoms with van der Waals surface area (Å²) in [5.74, 6) is -0.151. The molecule has 3 aliphatic rings. The second-order valence-corrected chi connectivity index (χ2v) is 14.2. The molecule has 0 aliphatic carbocycles. The lowest BCUT2D eigenvalue weighted by Gasteiger charge is -2.46. The van der Waals surface area contributed by atoms with Crippen molar-refractivity contribution in [3.8, 4) is 0 Å². The highest BCUT2D eigenvalue weighted by molar-refractivity contribution is 5.94. The lowest BCUT2D eigenvalue weighted by atomic mass is 9.84. The quantitative estimate of drug-likeness (QED) is 0.187. The Hall–Kier alpha value is -5.20. The summed E-state index contributed by atoms with van der Waals surface area (Å²) >= 11 is 0. The second kappa shape index (κ2) is 15.0. The molecule has 1 spiro atoms. The molecule has 4 atom stereocenters. The smallest absolute Gasteiger partial charge is 0.271 e. The number of carbonyl (C=O) groups is 2. The van der Waals surface area contributed by atoms with Crippen molar-refractivity contribution in [1.29, 1.82) is 0 Å². The van der Waals surface area contributed by atoms with Gasteiger partial charge in [-0.25, -0.2) is 4.98 Å². The zero-order valence-corrected chi connectivity index (χ0v) is 29.7. The Kier molecular flexibility index (Phi) is 9.89. The first-order valence-corrected chi connectivity index (χ1v) is 18.3. The van der Waals surface area contributed by atoms with E-state index in [0.717, 1.165) is 59.4 Å². The van der Waals surface area contributed by atoms with E-state index in [2.05, 4.69) is 49.5 Å². The van der Waals surface area contributed by atoms with Gasteiger partial charge in [-0.3, -0.25) is 14.6 Å². The highest BCUT2D eigenvalue weighted by Gasteiger charge is 2.51. The Morgan fingerprint density at radius 1 is 0.887 bits per heavy atom. The molecular formula is C42H44N6O5. The monoisotopic (exact) mass is 712 g/mol. The minimum absolute atomic E-state index is 0.0195. The highest BCUT2D eigenvalue weighted by atomic mass is 16.7. The fraction of sp³-hybridized carbons (Fsp3) is 0.333. The molecule has 0 bridgehead atoms. The molecule has 3 fully saturated rings. The Morgan fingerprint density at radius 2 is 1.57 bits per heavy atom. The minimum atomic E-state index is -0.611. The number of aromatic nitrogens is 2. The number of fused-ring (bicyclic) bond motifs is 1. The largest absolute Gasteiger partial charge is 0.392 e. The predicted octanol–water partition coefficient (Wildman–Crippen LogP) is 5.27. The first-order valence-electron chi connectivity index (χ1n) is 18.3. The number of ether oxygens (including phenoxy) is 2. The van der Waals surface area contributed by atoms with Gasteiger partial charge >= 0.3 is 0 Å². The van der Waals surface area contributed by atoms with Crippen LogP contribution < -0.4 is 15.5 Å². The number of hydrogen-bond acceptors (Lipinski definition) is 9. The van der Waals surface area contributed by atoms with E-state index in [9.17, 15) is 14.7 Å². The lowest BCUT2D eigenvalue weighted by Crippen LogP contribution is -2.57. The molecule has 0 radical (unpaired) electrons. The van der Waals surface area contributed by atoms with Crippen molar-refractivity contribution in [2.24, 2.45) is 5.92 Å². The van der Waals surface area contributed by atoms with Crippen LogP contribution in [0.1, 0.15) is 64.9 Å². The molecule has 3 N–H and O–H groups in total. The molecule has 4 aromatic carbocycles. The number of benzene rings is 4. The molecule has 11 heteroatoms. The summed E-state index contributed by atoms with van der Waals surface area (Å²) in [5, 5.41) is 15.7. The van der Waals surface area contributed by atoms with E-state index >= 15 is 0 Å². The number of likely N-dealkylation sites (tertiary alicyclic amines) is 1. The van der Waals surface area contributed by atoms with Crippen LogP contribution in [0.5, 0.6) is 0 Å². The van der Waals surface area contributed by atoms with Crippen LogP contribution >= 0.6 is 0 Å². The van der Waals surface area contributed by atoms with Gasteiger partial charge < -0.3 is 35.0 Å². The molecule has 3 saturated heterocycles. The lowest BCUT2D eigenvalue weighted by molar-refractivity contribution is -0.276. The molecule has 4 heterocycles. The summed E-state index contributed by atoms with van der Waals surface area (Å²) < 4.78 is 13.5. The predicted molar refractivity (Wildman–Crippen MR) is 200 cm³/mol. The van der Waals surface area contributed by atoms with Crippen LogP contribution in [0, 0.1) is 5.92 Å². The van der Waals surface area contributed by atoms with Gasteiger partial charge in [0.2, 0.25) is 5.91 Å². The molecule has 272 valence electrons. The number of amides is 2. The van der Waals surface area contributed by atoms with E-state index < -0.39 is 11.8 Å². The fourth-order valence-corrected chi connectivity index (χ4v) is 7.85. The molecule has 0 unspecified atom stereocenters. The third-order valence-corrected chi connectivity index (χ3v) is 11.0. The molecule has 1 aromatic heterocycles. The molecule has 53 heavy (non-hydrogen) atoms. The number of carbonyl (C=O) groups excluding carboxylic acids is 2. The number of aliphatic hydroxyl groups is 1. The van der Waals surface area contributed by atoms with Crippen LogP contribution in [0.2, 0.25) is 0 Å². The molecule has 3 aliphatic heterocycles.